The summed E-state index contributed by atoms with van der Waals surface area (Å²) in [5, 5.41) is 3.52. The maximum absolute atomic E-state index is 11.1. The van der Waals surface area contributed by atoms with Gasteiger partial charge in [0.15, 0.2) is 11.5 Å². The van der Waals surface area contributed by atoms with E-state index in [9.17, 15) is 4.79 Å². The largest absolute Gasteiger partial charge is 0.493 e. The van der Waals surface area contributed by atoms with Gasteiger partial charge in [0.25, 0.3) is 0 Å². The Balaban J connectivity index is 2.37. The zero-order chi connectivity index (χ0) is 19.3. The number of rotatable bonds is 6. The van der Waals surface area contributed by atoms with E-state index in [0.717, 1.165) is 41.9 Å². The number of hydrogen-bond acceptors (Lipinski definition) is 5. The summed E-state index contributed by atoms with van der Waals surface area (Å²) < 4.78 is 10.7. The lowest BCUT2D eigenvalue weighted by molar-refractivity contribution is -0.116. The van der Waals surface area contributed by atoms with Gasteiger partial charge in [0.1, 0.15) is 6.54 Å². The standard InChI is InChI=1S/C20H29N3O3/c1-13-15(22-12-19(21)24)8-9-20(2,3)11-16(13)23-14-6-7-17(25-4)18(10-14)26-5/h6-7,10,23H,8-9,11-12H2,1-5H3,(H2,21,24). The molecule has 0 bridgehead atoms. The first-order chi connectivity index (χ1) is 12.3. The van der Waals surface area contributed by atoms with Crippen molar-refractivity contribution >= 4 is 17.3 Å². The lowest BCUT2D eigenvalue weighted by Crippen LogP contribution is -2.16. The SMILES string of the molecule is COc1ccc(NC2=C(C)C(=NCC(N)=O)CCC(C)(C)C2)cc1OC. The molecule has 2 rings (SSSR count). The summed E-state index contributed by atoms with van der Waals surface area (Å²) >= 11 is 0. The first-order valence-corrected chi connectivity index (χ1v) is 8.76. The second-order valence-corrected chi connectivity index (χ2v) is 7.37. The molecule has 0 heterocycles. The third kappa shape index (κ3) is 5.00. The molecule has 1 aromatic rings. The summed E-state index contributed by atoms with van der Waals surface area (Å²) in [6, 6.07) is 5.75. The molecule has 0 saturated heterocycles. The third-order valence-corrected chi connectivity index (χ3v) is 4.68. The fourth-order valence-electron chi connectivity index (χ4n) is 3.12. The molecule has 1 aromatic carbocycles. The highest BCUT2D eigenvalue weighted by Gasteiger charge is 2.27. The van der Waals surface area contributed by atoms with Gasteiger partial charge in [-0.1, -0.05) is 13.8 Å². The number of nitrogens with two attached hydrogens (primary N) is 1. The molecule has 3 N–H and O–H groups in total. The number of anilines is 1. The highest BCUT2D eigenvalue weighted by atomic mass is 16.5. The van der Waals surface area contributed by atoms with Gasteiger partial charge in [-0.15, -0.1) is 0 Å². The number of nitrogens with zero attached hydrogens (tertiary/aromatic N) is 1. The molecule has 0 aromatic heterocycles. The fourth-order valence-corrected chi connectivity index (χ4v) is 3.12. The van der Waals surface area contributed by atoms with Crippen LogP contribution in [0.4, 0.5) is 5.69 Å². The van der Waals surface area contributed by atoms with Crippen molar-refractivity contribution in [1.82, 2.24) is 0 Å². The average Bonchev–Trinajstić information content (AvgIpc) is 2.69. The number of hydrogen-bond donors (Lipinski definition) is 2. The van der Waals surface area contributed by atoms with Crippen molar-refractivity contribution in [2.24, 2.45) is 16.1 Å². The van der Waals surface area contributed by atoms with Crippen molar-refractivity contribution in [3.8, 4) is 11.5 Å². The Kier molecular flexibility index (Phi) is 6.29. The fraction of sp³-hybridized carbons (Fsp3) is 0.500. The minimum atomic E-state index is -0.414. The van der Waals surface area contributed by atoms with Gasteiger partial charge in [0.05, 0.1) is 14.2 Å². The summed E-state index contributed by atoms with van der Waals surface area (Å²) in [7, 11) is 3.24. The van der Waals surface area contributed by atoms with Crippen LogP contribution in [-0.4, -0.2) is 32.4 Å². The van der Waals surface area contributed by atoms with Crippen LogP contribution in [-0.2, 0) is 4.79 Å². The smallest absolute Gasteiger partial charge is 0.239 e. The highest BCUT2D eigenvalue weighted by molar-refractivity contribution is 6.02. The maximum Gasteiger partial charge on any atom is 0.239 e. The number of nitrogens with one attached hydrogen (secondary N) is 1. The number of primary amides is 1. The highest BCUT2D eigenvalue weighted by Crippen LogP contribution is 2.37. The number of benzene rings is 1. The number of aliphatic imine (C=N–C) groups is 1. The van der Waals surface area contributed by atoms with E-state index in [0.29, 0.717) is 11.5 Å². The van der Waals surface area contributed by atoms with Crippen molar-refractivity contribution < 1.29 is 14.3 Å². The molecule has 1 aliphatic rings. The molecular weight excluding hydrogens is 330 g/mol. The van der Waals surface area contributed by atoms with Crippen LogP contribution in [0.2, 0.25) is 0 Å². The molecule has 0 atom stereocenters. The molecule has 1 amide bonds. The Morgan fingerprint density at radius 1 is 1.27 bits per heavy atom. The quantitative estimate of drug-likeness (QED) is 0.813. The van der Waals surface area contributed by atoms with Crippen molar-refractivity contribution in [2.45, 2.75) is 40.0 Å². The molecule has 0 unspecified atom stereocenters. The van der Waals surface area contributed by atoms with Crippen LogP contribution >= 0.6 is 0 Å². The molecule has 26 heavy (non-hydrogen) atoms. The predicted molar refractivity (Wildman–Crippen MR) is 105 cm³/mol. The molecule has 0 radical (unpaired) electrons. The lowest BCUT2D eigenvalue weighted by Gasteiger charge is -2.24. The van der Waals surface area contributed by atoms with Crippen molar-refractivity contribution in [3.05, 3.63) is 29.5 Å². The van der Waals surface area contributed by atoms with E-state index in [4.69, 9.17) is 15.2 Å². The average molecular weight is 359 g/mol. The number of ether oxygens (including phenoxy) is 2. The minimum Gasteiger partial charge on any atom is -0.493 e. The van der Waals surface area contributed by atoms with Crippen LogP contribution in [0.25, 0.3) is 0 Å². The van der Waals surface area contributed by atoms with Crippen molar-refractivity contribution in [3.63, 3.8) is 0 Å². The van der Waals surface area contributed by atoms with E-state index >= 15 is 0 Å². The van der Waals surface area contributed by atoms with Crippen molar-refractivity contribution in [2.75, 3.05) is 26.1 Å². The van der Waals surface area contributed by atoms with E-state index in [-0.39, 0.29) is 12.0 Å². The van der Waals surface area contributed by atoms with Crippen LogP contribution in [0.15, 0.2) is 34.5 Å². The monoisotopic (exact) mass is 359 g/mol. The molecule has 0 aliphatic heterocycles. The second kappa shape index (κ2) is 8.25. The van der Waals surface area contributed by atoms with E-state index in [2.05, 4.69) is 24.2 Å². The minimum absolute atomic E-state index is 0.0245. The predicted octanol–water partition coefficient (Wildman–Crippen LogP) is 3.53. The van der Waals surface area contributed by atoms with Gasteiger partial charge >= 0.3 is 0 Å². The van der Waals surface area contributed by atoms with E-state index in [1.165, 1.54) is 0 Å². The Morgan fingerprint density at radius 3 is 2.58 bits per heavy atom. The van der Waals surface area contributed by atoms with Gasteiger partial charge in [-0.25, -0.2) is 0 Å². The number of carbonyl (C=O) groups is 1. The second-order valence-electron chi connectivity index (χ2n) is 7.37. The van der Waals surface area contributed by atoms with Crippen LogP contribution in [0.3, 0.4) is 0 Å². The third-order valence-electron chi connectivity index (χ3n) is 4.68. The number of carbonyl (C=O) groups excluding carboxylic acids is 1. The molecular formula is C20H29N3O3. The summed E-state index contributed by atoms with van der Waals surface area (Å²) in [6.45, 7) is 6.56. The first kappa shape index (κ1) is 19.8. The van der Waals surface area contributed by atoms with Gasteiger partial charge in [0, 0.05) is 23.2 Å². The first-order valence-electron chi connectivity index (χ1n) is 8.76. The number of amides is 1. The molecule has 1 aliphatic carbocycles. The van der Waals surface area contributed by atoms with Gasteiger partial charge < -0.3 is 20.5 Å². The van der Waals surface area contributed by atoms with Crippen LogP contribution in [0.5, 0.6) is 11.5 Å². The molecule has 142 valence electrons. The van der Waals surface area contributed by atoms with E-state index in [1.807, 2.05) is 25.1 Å². The summed E-state index contributed by atoms with van der Waals surface area (Å²) in [5.41, 5.74) is 9.43. The van der Waals surface area contributed by atoms with Gasteiger partial charge in [-0.05, 0) is 49.3 Å². The van der Waals surface area contributed by atoms with Crippen LogP contribution < -0.4 is 20.5 Å². The summed E-state index contributed by atoms with van der Waals surface area (Å²) in [5.74, 6) is 0.947. The van der Waals surface area contributed by atoms with Gasteiger partial charge in [-0.2, -0.15) is 0 Å². The van der Waals surface area contributed by atoms with Gasteiger partial charge in [-0.3, -0.25) is 9.79 Å². The molecule has 0 spiro atoms. The van der Waals surface area contributed by atoms with Crippen LogP contribution in [0.1, 0.15) is 40.0 Å². The summed E-state index contributed by atoms with van der Waals surface area (Å²) in [6.07, 6.45) is 2.73. The Bertz CT molecular complexity index is 736. The number of methoxy groups -OCH3 is 2. The number of allylic oxidation sites excluding steroid dienone is 2. The molecule has 6 nitrogen and oxygen atoms in total. The molecule has 0 fully saturated rings. The molecule has 0 saturated carbocycles. The van der Waals surface area contributed by atoms with E-state index < -0.39 is 5.91 Å². The van der Waals surface area contributed by atoms with Crippen LogP contribution in [0, 0.1) is 5.41 Å². The Morgan fingerprint density at radius 2 is 1.96 bits per heavy atom. The van der Waals surface area contributed by atoms with E-state index in [1.54, 1.807) is 14.2 Å². The lowest BCUT2D eigenvalue weighted by atomic mass is 9.84. The molecule has 6 heteroatoms. The Labute approximate surface area is 155 Å². The zero-order valence-electron chi connectivity index (χ0n) is 16.3. The normalized spacial score (nSPS) is 18.4. The van der Waals surface area contributed by atoms with Crippen molar-refractivity contribution in [1.29, 1.82) is 0 Å². The Hall–Kier alpha value is -2.50. The topological polar surface area (TPSA) is 85.9 Å². The van der Waals surface area contributed by atoms with Gasteiger partial charge in [0.2, 0.25) is 5.91 Å². The summed E-state index contributed by atoms with van der Waals surface area (Å²) in [4.78, 5) is 15.6. The zero-order valence-corrected chi connectivity index (χ0v) is 16.3. The maximum atomic E-state index is 11.1.